The molecule has 0 saturated carbocycles. The molecule has 0 bridgehead atoms. The van der Waals surface area contributed by atoms with Gasteiger partial charge in [0.25, 0.3) is 0 Å². The van der Waals surface area contributed by atoms with E-state index in [4.69, 9.17) is 4.98 Å². The van der Waals surface area contributed by atoms with Crippen LogP contribution in [0, 0.1) is 13.8 Å². The number of aryl methyl sites for hydroxylation is 3. The SMILES string of the molecule is Cc1nc2sc(-c3csc4c(-c5cc(C(C)(C)C)c6ccccc6c5C)[n+](C)ccc34)nc2s1. The van der Waals surface area contributed by atoms with Crippen LogP contribution in [0.15, 0.2) is 48.0 Å². The van der Waals surface area contributed by atoms with Crippen molar-refractivity contribution in [3.8, 4) is 21.8 Å². The van der Waals surface area contributed by atoms with Gasteiger partial charge < -0.3 is 0 Å². The summed E-state index contributed by atoms with van der Waals surface area (Å²) >= 11 is 5.18. The number of hydrogen-bond acceptors (Lipinski definition) is 5. The first kappa shape index (κ1) is 21.8. The maximum Gasteiger partial charge on any atom is 0.230 e. The van der Waals surface area contributed by atoms with Gasteiger partial charge in [0.1, 0.15) is 16.8 Å². The second-order valence-corrected chi connectivity index (χ2v) is 13.0. The molecule has 0 fully saturated rings. The first-order chi connectivity index (χ1) is 16.2. The van der Waals surface area contributed by atoms with E-state index in [-0.39, 0.29) is 5.41 Å². The Bertz CT molecular complexity index is 1700. The van der Waals surface area contributed by atoms with Crippen molar-refractivity contribution in [2.75, 3.05) is 0 Å². The summed E-state index contributed by atoms with van der Waals surface area (Å²) in [5, 5.41) is 8.35. The average molecular weight is 501 g/mol. The maximum atomic E-state index is 4.93. The predicted octanol–water partition coefficient (Wildman–Crippen LogP) is 8.19. The van der Waals surface area contributed by atoms with Crippen LogP contribution in [0.1, 0.15) is 36.9 Å². The molecular formula is C28H26N3S3+. The number of fused-ring (bicyclic) bond motifs is 3. The fraction of sp³-hybridized carbons (Fsp3) is 0.250. The molecule has 0 aliphatic rings. The molecule has 0 saturated heterocycles. The minimum absolute atomic E-state index is 0.0485. The summed E-state index contributed by atoms with van der Waals surface area (Å²) < 4.78 is 3.58. The van der Waals surface area contributed by atoms with E-state index in [1.165, 1.54) is 48.8 Å². The molecule has 4 heterocycles. The Labute approximate surface area is 211 Å². The molecule has 0 atom stereocenters. The molecule has 0 N–H and O–H groups in total. The van der Waals surface area contributed by atoms with Gasteiger partial charge in [-0.3, -0.25) is 0 Å². The van der Waals surface area contributed by atoms with Crippen molar-refractivity contribution in [3.05, 3.63) is 64.1 Å². The van der Waals surface area contributed by atoms with E-state index in [1.807, 2.05) is 18.3 Å². The summed E-state index contributed by atoms with van der Waals surface area (Å²) in [5.74, 6) is 0. The van der Waals surface area contributed by atoms with Crippen molar-refractivity contribution in [2.24, 2.45) is 7.05 Å². The van der Waals surface area contributed by atoms with Gasteiger partial charge in [-0.15, -0.1) is 11.3 Å². The number of hydrogen-bond donors (Lipinski definition) is 0. The number of pyridine rings is 1. The zero-order valence-corrected chi connectivity index (χ0v) is 22.6. The molecule has 0 radical (unpaired) electrons. The maximum absolute atomic E-state index is 4.93. The minimum Gasteiger partial charge on any atom is -0.229 e. The average Bonchev–Trinajstić information content (AvgIpc) is 3.46. The molecule has 6 aromatic rings. The van der Waals surface area contributed by atoms with Crippen LogP contribution in [0.25, 0.3) is 52.3 Å². The highest BCUT2D eigenvalue weighted by Gasteiger charge is 2.26. The highest BCUT2D eigenvalue weighted by atomic mass is 32.1. The van der Waals surface area contributed by atoms with Crippen molar-refractivity contribution in [3.63, 3.8) is 0 Å². The number of aromatic nitrogens is 3. The zero-order valence-electron chi connectivity index (χ0n) is 20.2. The Morgan fingerprint density at radius 2 is 1.59 bits per heavy atom. The number of nitrogens with zero attached hydrogens (tertiary/aromatic N) is 3. The lowest BCUT2D eigenvalue weighted by atomic mass is 9.80. The third kappa shape index (κ3) is 3.31. The third-order valence-electron chi connectivity index (χ3n) is 6.55. The fourth-order valence-corrected chi connectivity index (χ4v) is 8.04. The van der Waals surface area contributed by atoms with Crippen molar-refractivity contribution in [1.82, 2.24) is 9.97 Å². The van der Waals surface area contributed by atoms with Crippen LogP contribution < -0.4 is 4.57 Å². The molecule has 4 aromatic heterocycles. The lowest BCUT2D eigenvalue weighted by Gasteiger charge is -2.24. The highest BCUT2D eigenvalue weighted by Crippen LogP contribution is 2.43. The molecule has 0 amide bonds. The van der Waals surface area contributed by atoms with Gasteiger partial charge in [0.2, 0.25) is 5.69 Å². The van der Waals surface area contributed by atoms with Crippen LogP contribution in [0.2, 0.25) is 0 Å². The smallest absolute Gasteiger partial charge is 0.229 e. The van der Waals surface area contributed by atoms with Gasteiger partial charge >= 0.3 is 0 Å². The quantitative estimate of drug-likeness (QED) is 0.224. The van der Waals surface area contributed by atoms with E-state index in [1.54, 1.807) is 22.7 Å². The second kappa shape index (κ2) is 7.67. The van der Waals surface area contributed by atoms with E-state index >= 15 is 0 Å². The van der Waals surface area contributed by atoms with Crippen molar-refractivity contribution >= 4 is 64.5 Å². The molecule has 34 heavy (non-hydrogen) atoms. The van der Waals surface area contributed by atoms with E-state index in [0.717, 1.165) is 19.7 Å². The van der Waals surface area contributed by atoms with Crippen molar-refractivity contribution in [1.29, 1.82) is 0 Å². The van der Waals surface area contributed by atoms with Crippen LogP contribution >= 0.6 is 34.0 Å². The normalized spacial score (nSPS) is 12.4. The number of thiazole rings is 2. The van der Waals surface area contributed by atoms with Crippen molar-refractivity contribution in [2.45, 2.75) is 40.0 Å². The largest absolute Gasteiger partial charge is 0.230 e. The minimum atomic E-state index is 0.0485. The molecular weight excluding hydrogens is 475 g/mol. The molecule has 170 valence electrons. The molecule has 6 heteroatoms. The topological polar surface area (TPSA) is 29.7 Å². The number of thiophene rings is 1. The van der Waals surface area contributed by atoms with E-state index < -0.39 is 0 Å². The van der Waals surface area contributed by atoms with Crippen molar-refractivity contribution < 1.29 is 4.57 Å². The number of benzene rings is 2. The van der Waals surface area contributed by atoms with Crippen LogP contribution in [-0.2, 0) is 12.5 Å². The highest BCUT2D eigenvalue weighted by molar-refractivity contribution is 7.28. The lowest BCUT2D eigenvalue weighted by Crippen LogP contribution is -2.30. The Morgan fingerprint density at radius 3 is 2.32 bits per heavy atom. The van der Waals surface area contributed by atoms with Gasteiger partial charge in [-0.1, -0.05) is 67.7 Å². The molecule has 0 aliphatic heterocycles. The third-order valence-corrected chi connectivity index (χ3v) is 9.53. The standard InChI is InChI=1S/C28H26N3S3/c1-15-17-9-7-8-10-18(17)22(28(3,4)5)13-20(15)23-24-19(11-12-31(23)6)21(14-32-24)25-30-27-26(34-25)29-16(2)33-27/h7-14H,1-6H3/q+1. The molecule has 6 rings (SSSR count). The van der Waals surface area contributed by atoms with Crippen LogP contribution in [0.4, 0.5) is 0 Å². The summed E-state index contributed by atoms with van der Waals surface area (Å²) in [6.07, 6.45) is 2.19. The summed E-state index contributed by atoms with van der Waals surface area (Å²) in [7, 11) is 2.16. The Balaban J connectivity index is 1.63. The first-order valence-electron chi connectivity index (χ1n) is 11.4. The molecule has 0 aliphatic carbocycles. The summed E-state index contributed by atoms with van der Waals surface area (Å²) in [4.78, 5) is 11.7. The van der Waals surface area contributed by atoms with Crippen LogP contribution in [0.5, 0.6) is 0 Å². The Morgan fingerprint density at radius 1 is 0.853 bits per heavy atom. The van der Waals surface area contributed by atoms with Gasteiger partial charge in [0.15, 0.2) is 15.9 Å². The van der Waals surface area contributed by atoms with E-state index in [2.05, 4.69) is 92.3 Å². The van der Waals surface area contributed by atoms with Crippen LogP contribution in [0.3, 0.4) is 0 Å². The Hall–Kier alpha value is -2.67. The number of rotatable bonds is 2. The summed E-state index contributed by atoms with van der Waals surface area (Å²) in [5.41, 5.74) is 6.56. The monoisotopic (exact) mass is 500 g/mol. The molecule has 0 spiro atoms. The lowest BCUT2D eigenvalue weighted by molar-refractivity contribution is -0.659. The molecule has 2 aromatic carbocycles. The second-order valence-electron chi connectivity index (χ2n) is 9.92. The fourth-order valence-electron chi connectivity index (χ4n) is 4.86. The zero-order chi connectivity index (χ0) is 23.8. The first-order valence-corrected chi connectivity index (χ1v) is 13.9. The van der Waals surface area contributed by atoms with Gasteiger partial charge in [-0.2, -0.15) is 4.57 Å². The van der Waals surface area contributed by atoms with Gasteiger partial charge in [0, 0.05) is 22.4 Å². The Kier molecular flexibility index (Phi) is 4.93. The van der Waals surface area contributed by atoms with Gasteiger partial charge in [-0.25, -0.2) is 9.97 Å². The van der Waals surface area contributed by atoms with Gasteiger partial charge in [0.05, 0.1) is 10.6 Å². The molecule has 0 unspecified atom stereocenters. The summed E-state index contributed by atoms with van der Waals surface area (Å²) in [6, 6.07) is 13.5. The van der Waals surface area contributed by atoms with E-state index in [0.29, 0.717) is 0 Å². The molecule has 3 nitrogen and oxygen atoms in total. The van der Waals surface area contributed by atoms with E-state index in [9.17, 15) is 0 Å². The summed E-state index contributed by atoms with van der Waals surface area (Å²) in [6.45, 7) is 11.2. The van der Waals surface area contributed by atoms with Gasteiger partial charge in [-0.05, 0) is 47.2 Å². The predicted molar refractivity (Wildman–Crippen MR) is 148 cm³/mol. The van der Waals surface area contributed by atoms with Crippen LogP contribution in [-0.4, -0.2) is 9.97 Å².